The van der Waals surface area contributed by atoms with E-state index in [9.17, 15) is 4.79 Å². The normalized spacial score (nSPS) is 10.7. The van der Waals surface area contributed by atoms with Crippen molar-refractivity contribution in [2.24, 2.45) is 0 Å². The van der Waals surface area contributed by atoms with Gasteiger partial charge in [-0.15, -0.1) is 0 Å². The van der Waals surface area contributed by atoms with Gasteiger partial charge in [0.15, 0.2) is 0 Å². The lowest BCUT2D eigenvalue weighted by Crippen LogP contribution is -2.03. The van der Waals surface area contributed by atoms with E-state index in [1.165, 1.54) is 6.07 Å². The SMILES string of the molecule is Cc1cccc(OCc2cnc3ccc(C(=O)O)cn23)c1. The summed E-state index contributed by atoms with van der Waals surface area (Å²) in [5.74, 6) is -0.185. The van der Waals surface area contributed by atoms with E-state index in [-0.39, 0.29) is 5.56 Å². The van der Waals surface area contributed by atoms with Crippen molar-refractivity contribution < 1.29 is 14.6 Å². The first-order valence-electron chi connectivity index (χ1n) is 6.52. The lowest BCUT2D eigenvalue weighted by atomic mass is 10.2. The van der Waals surface area contributed by atoms with Gasteiger partial charge >= 0.3 is 5.97 Å². The summed E-state index contributed by atoms with van der Waals surface area (Å²) in [5, 5.41) is 9.05. The van der Waals surface area contributed by atoms with E-state index in [0.29, 0.717) is 12.3 Å². The predicted molar refractivity (Wildman–Crippen MR) is 77.7 cm³/mol. The number of hydrogen-bond donors (Lipinski definition) is 1. The van der Waals surface area contributed by atoms with Crippen LogP contribution in [0.5, 0.6) is 5.75 Å². The topological polar surface area (TPSA) is 63.8 Å². The first kappa shape index (κ1) is 13.2. The molecular weight excluding hydrogens is 268 g/mol. The molecule has 0 fully saturated rings. The van der Waals surface area contributed by atoms with Gasteiger partial charge in [0.05, 0.1) is 17.5 Å². The van der Waals surface area contributed by atoms with Crippen LogP contribution in [-0.2, 0) is 6.61 Å². The zero-order valence-corrected chi connectivity index (χ0v) is 11.5. The molecule has 0 aliphatic carbocycles. The fraction of sp³-hybridized carbons (Fsp3) is 0.125. The lowest BCUT2D eigenvalue weighted by Gasteiger charge is -2.07. The van der Waals surface area contributed by atoms with Gasteiger partial charge in [0.2, 0.25) is 0 Å². The van der Waals surface area contributed by atoms with Gasteiger partial charge < -0.3 is 9.84 Å². The van der Waals surface area contributed by atoms with Crippen LogP contribution in [0.4, 0.5) is 0 Å². The van der Waals surface area contributed by atoms with E-state index in [0.717, 1.165) is 17.0 Å². The minimum absolute atomic E-state index is 0.220. The van der Waals surface area contributed by atoms with Crippen molar-refractivity contribution in [3.8, 4) is 5.75 Å². The monoisotopic (exact) mass is 282 g/mol. The standard InChI is InChI=1S/C16H14N2O3/c1-11-3-2-4-14(7-11)21-10-13-8-17-15-6-5-12(16(19)20)9-18(13)15/h2-9H,10H2,1H3,(H,19,20). The highest BCUT2D eigenvalue weighted by atomic mass is 16.5. The van der Waals surface area contributed by atoms with Crippen LogP contribution in [-0.4, -0.2) is 20.5 Å². The molecule has 2 heterocycles. The van der Waals surface area contributed by atoms with Gasteiger partial charge in [0.25, 0.3) is 0 Å². The summed E-state index contributed by atoms with van der Waals surface area (Å²) >= 11 is 0. The highest BCUT2D eigenvalue weighted by molar-refractivity contribution is 5.87. The summed E-state index contributed by atoms with van der Waals surface area (Å²) < 4.78 is 7.47. The number of carboxylic acids is 1. The van der Waals surface area contributed by atoms with Gasteiger partial charge in [0.1, 0.15) is 18.0 Å². The summed E-state index contributed by atoms with van der Waals surface area (Å²) in [6, 6.07) is 11.0. The molecule has 1 N–H and O–H groups in total. The molecule has 1 aromatic carbocycles. The van der Waals surface area contributed by atoms with E-state index in [4.69, 9.17) is 9.84 Å². The molecule has 0 bridgehead atoms. The summed E-state index contributed by atoms with van der Waals surface area (Å²) in [5.41, 5.74) is 2.84. The number of benzene rings is 1. The average Bonchev–Trinajstić information content (AvgIpc) is 2.87. The molecule has 0 atom stereocenters. The molecule has 5 nitrogen and oxygen atoms in total. The molecule has 5 heteroatoms. The molecule has 21 heavy (non-hydrogen) atoms. The number of ether oxygens (including phenoxy) is 1. The maximum absolute atomic E-state index is 11.0. The number of carbonyl (C=O) groups is 1. The van der Waals surface area contributed by atoms with Gasteiger partial charge in [-0.1, -0.05) is 12.1 Å². The van der Waals surface area contributed by atoms with Crippen LogP contribution < -0.4 is 4.74 Å². The third-order valence-corrected chi connectivity index (χ3v) is 3.21. The van der Waals surface area contributed by atoms with Crippen molar-refractivity contribution in [3.05, 3.63) is 65.6 Å². The quantitative estimate of drug-likeness (QED) is 0.799. The Morgan fingerprint density at radius 1 is 1.33 bits per heavy atom. The number of imidazole rings is 1. The largest absolute Gasteiger partial charge is 0.487 e. The van der Waals surface area contributed by atoms with Gasteiger partial charge in [-0.3, -0.25) is 4.40 Å². The minimum Gasteiger partial charge on any atom is -0.487 e. The summed E-state index contributed by atoms with van der Waals surface area (Å²) in [6.45, 7) is 2.33. The van der Waals surface area contributed by atoms with Crippen LogP contribution in [0.1, 0.15) is 21.6 Å². The molecule has 3 rings (SSSR count). The Morgan fingerprint density at radius 3 is 2.95 bits per heavy atom. The van der Waals surface area contributed by atoms with Gasteiger partial charge in [-0.2, -0.15) is 0 Å². The Bertz CT molecular complexity index is 808. The summed E-state index contributed by atoms with van der Waals surface area (Å²) in [7, 11) is 0. The van der Waals surface area contributed by atoms with E-state index >= 15 is 0 Å². The fourth-order valence-corrected chi connectivity index (χ4v) is 2.13. The molecule has 0 aliphatic rings. The number of aryl methyl sites for hydroxylation is 1. The number of rotatable bonds is 4. The second kappa shape index (κ2) is 5.28. The number of aromatic carboxylic acids is 1. The van der Waals surface area contributed by atoms with Crippen molar-refractivity contribution >= 4 is 11.6 Å². The first-order chi connectivity index (χ1) is 10.1. The first-order valence-corrected chi connectivity index (χ1v) is 6.52. The zero-order chi connectivity index (χ0) is 14.8. The van der Waals surface area contributed by atoms with Crippen LogP contribution in [0, 0.1) is 6.92 Å². The Kier molecular flexibility index (Phi) is 3.31. The van der Waals surface area contributed by atoms with Gasteiger partial charge in [0, 0.05) is 6.20 Å². The molecule has 0 saturated carbocycles. The third kappa shape index (κ3) is 2.72. The Labute approximate surface area is 121 Å². The molecule has 0 aliphatic heterocycles. The maximum atomic E-state index is 11.0. The van der Waals surface area contributed by atoms with Crippen molar-refractivity contribution in [1.29, 1.82) is 0 Å². The van der Waals surface area contributed by atoms with Crippen molar-refractivity contribution in [3.63, 3.8) is 0 Å². The molecule has 106 valence electrons. The van der Waals surface area contributed by atoms with Crippen molar-refractivity contribution in [1.82, 2.24) is 9.38 Å². The van der Waals surface area contributed by atoms with E-state index in [1.54, 1.807) is 22.9 Å². The summed E-state index contributed by atoms with van der Waals surface area (Å²) in [4.78, 5) is 15.3. The van der Waals surface area contributed by atoms with Crippen molar-refractivity contribution in [2.75, 3.05) is 0 Å². The molecule has 0 radical (unpaired) electrons. The lowest BCUT2D eigenvalue weighted by molar-refractivity contribution is 0.0696. The Balaban J connectivity index is 1.86. The fourth-order valence-electron chi connectivity index (χ4n) is 2.13. The predicted octanol–water partition coefficient (Wildman–Crippen LogP) is 2.92. The number of pyridine rings is 1. The maximum Gasteiger partial charge on any atom is 0.337 e. The van der Waals surface area contributed by atoms with Crippen LogP contribution in [0.3, 0.4) is 0 Å². The molecule has 2 aromatic heterocycles. The van der Waals surface area contributed by atoms with E-state index < -0.39 is 5.97 Å². The second-order valence-corrected chi connectivity index (χ2v) is 4.81. The van der Waals surface area contributed by atoms with Crippen LogP contribution in [0.25, 0.3) is 5.65 Å². The number of hydrogen-bond acceptors (Lipinski definition) is 3. The molecule has 0 spiro atoms. The van der Waals surface area contributed by atoms with Gasteiger partial charge in [-0.25, -0.2) is 9.78 Å². The third-order valence-electron chi connectivity index (χ3n) is 3.21. The Hall–Kier alpha value is -2.82. The van der Waals surface area contributed by atoms with Gasteiger partial charge in [-0.05, 0) is 36.8 Å². The van der Waals surface area contributed by atoms with Crippen molar-refractivity contribution in [2.45, 2.75) is 13.5 Å². The van der Waals surface area contributed by atoms with Crippen LogP contribution in [0.2, 0.25) is 0 Å². The number of aromatic nitrogens is 2. The zero-order valence-electron chi connectivity index (χ0n) is 11.5. The van der Waals surface area contributed by atoms with Crippen LogP contribution in [0.15, 0.2) is 48.8 Å². The molecule has 0 amide bonds. The van der Waals surface area contributed by atoms with E-state index in [1.807, 2.05) is 31.2 Å². The molecular formula is C16H14N2O3. The van der Waals surface area contributed by atoms with Crippen LogP contribution >= 0.6 is 0 Å². The Morgan fingerprint density at radius 2 is 2.19 bits per heavy atom. The number of carboxylic acid groups (broad SMARTS) is 1. The summed E-state index contributed by atoms with van der Waals surface area (Å²) in [6.07, 6.45) is 3.25. The highest BCUT2D eigenvalue weighted by Crippen LogP contribution is 2.16. The molecule has 3 aromatic rings. The highest BCUT2D eigenvalue weighted by Gasteiger charge is 2.08. The minimum atomic E-state index is -0.962. The number of nitrogens with zero attached hydrogens (tertiary/aromatic N) is 2. The molecule has 0 saturated heterocycles. The van der Waals surface area contributed by atoms with E-state index in [2.05, 4.69) is 4.98 Å². The second-order valence-electron chi connectivity index (χ2n) is 4.81. The average molecular weight is 282 g/mol. The number of fused-ring (bicyclic) bond motifs is 1. The smallest absolute Gasteiger partial charge is 0.337 e. The molecule has 0 unspecified atom stereocenters.